The lowest BCUT2D eigenvalue weighted by Gasteiger charge is -2.15. The molecular weight excluding hydrogens is 300 g/mol. The number of hydrogen-bond donors (Lipinski definition) is 1. The third kappa shape index (κ3) is 3.80. The molecular formula is C17H21ClN2O2. The van der Waals surface area contributed by atoms with Crippen LogP contribution in [0.3, 0.4) is 0 Å². The average Bonchev–Trinajstić information content (AvgIpc) is 3.28. The first-order chi connectivity index (χ1) is 10.6. The Balaban J connectivity index is 1.37. The summed E-state index contributed by atoms with van der Waals surface area (Å²) in [7, 11) is 0. The zero-order valence-electron chi connectivity index (χ0n) is 12.6. The Bertz CT molecular complexity index is 554. The summed E-state index contributed by atoms with van der Waals surface area (Å²) >= 11 is 5.85. The number of nitrogens with zero attached hydrogens (tertiary/aromatic N) is 1. The van der Waals surface area contributed by atoms with Crippen LogP contribution in [0.25, 0.3) is 0 Å². The second-order valence-corrected chi connectivity index (χ2v) is 6.64. The molecule has 1 heterocycles. The highest BCUT2D eigenvalue weighted by Crippen LogP contribution is 2.32. The standard InChI is InChI=1S/C17H21ClN2O2/c18-14-5-3-12(4-6-14)2-1-9-19-17(22)13-10-16(21)20(11-13)15-7-8-15/h3-6,13,15H,1-2,7-11H2,(H,19,22)/t13-/m0/s1. The number of likely N-dealkylation sites (tertiary alicyclic amines) is 1. The average molecular weight is 321 g/mol. The summed E-state index contributed by atoms with van der Waals surface area (Å²) in [6.45, 7) is 1.25. The van der Waals surface area contributed by atoms with Crippen LogP contribution in [0, 0.1) is 5.92 Å². The second kappa shape index (κ2) is 6.69. The van der Waals surface area contributed by atoms with Crippen LogP contribution >= 0.6 is 11.6 Å². The maximum atomic E-state index is 12.1. The van der Waals surface area contributed by atoms with Crippen LogP contribution < -0.4 is 5.32 Å². The quantitative estimate of drug-likeness (QED) is 0.818. The van der Waals surface area contributed by atoms with Gasteiger partial charge in [-0.1, -0.05) is 23.7 Å². The summed E-state index contributed by atoms with van der Waals surface area (Å²) in [5.74, 6) is 0.0000484. The summed E-state index contributed by atoms with van der Waals surface area (Å²) in [6.07, 6.45) is 4.37. The molecule has 5 heteroatoms. The molecule has 1 saturated carbocycles. The third-order valence-corrected chi connectivity index (χ3v) is 4.62. The third-order valence-electron chi connectivity index (χ3n) is 4.37. The van der Waals surface area contributed by atoms with E-state index < -0.39 is 0 Å². The molecule has 2 amide bonds. The number of carbonyl (C=O) groups excluding carboxylic acids is 2. The van der Waals surface area contributed by atoms with E-state index >= 15 is 0 Å². The Morgan fingerprint density at radius 3 is 2.68 bits per heavy atom. The van der Waals surface area contributed by atoms with Gasteiger partial charge in [0.15, 0.2) is 0 Å². The van der Waals surface area contributed by atoms with Crippen molar-refractivity contribution in [3.8, 4) is 0 Å². The van der Waals surface area contributed by atoms with E-state index in [0.29, 0.717) is 25.6 Å². The molecule has 0 aromatic heterocycles. The smallest absolute Gasteiger partial charge is 0.225 e. The molecule has 118 valence electrons. The fourth-order valence-corrected chi connectivity index (χ4v) is 3.07. The number of benzene rings is 1. The molecule has 3 rings (SSSR count). The fourth-order valence-electron chi connectivity index (χ4n) is 2.95. The number of amides is 2. The molecule has 1 saturated heterocycles. The van der Waals surface area contributed by atoms with Gasteiger partial charge in [0.1, 0.15) is 0 Å². The Hall–Kier alpha value is -1.55. The molecule has 1 aromatic carbocycles. The van der Waals surface area contributed by atoms with Crippen molar-refractivity contribution in [1.82, 2.24) is 10.2 Å². The van der Waals surface area contributed by atoms with E-state index in [9.17, 15) is 9.59 Å². The van der Waals surface area contributed by atoms with Crippen LogP contribution in [0.15, 0.2) is 24.3 Å². The predicted molar refractivity (Wildman–Crippen MR) is 85.6 cm³/mol. The van der Waals surface area contributed by atoms with Crippen molar-refractivity contribution in [2.24, 2.45) is 5.92 Å². The lowest BCUT2D eigenvalue weighted by atomic mass is 10.1. The van der Waals surface area contributed by atoms with Crippen molar-refractivity contribution < 1.29 is 9.59 Å². The van der Waals surface area contributed by atoms with E-state index in [2.05, 4.69) is 5.32 Å². The first kappa shape index (κ1) is 15.3. The minimum absolute atomic E-state index is 0.0209. The molecule has 1 aromatic rings. The Kier molecular flexibility index (Phi) is 4.67. The maximum absolute atomic E-state index is 12.1. The summed E-state index contributed by atoms with van der Waals surface area (Å²) in [4.78, 5) is 25.9. The van der Waals surface area contributed by atoms with Crippen LogP contribution in [0.4, 0.5) is 0 Å². The molecule has 4 nitrogen and oxygen atoms in total. The Morgan fingerprint density at radius 2 is 2.00 bits per heavy atom. The fraction of sp³-hybridized carbons (Fsp3) is 0.529. The monoisotopic (exact) mass is 320 g/mol. The highest BCUT2D eigenvalue weighted by molar-refractivity contribution is 6.30. The molecule has 1 aliphatic carbocycles. The minimum atomic E-state index is -0.163. The van der Waals surface area contributed by atoms with Gasteiger partial charge in [0.2, 0.25) is 11.8 Å². The van der Waals surface area contributed by atoms with Gasteiger partial charge in [0.25, 0.3) is 0 Å². The van der Waals surface area contributed by atoms with Gasteiger partial charge in [0, 0.05) is 30.6 Å². The zero-order chi connectivity index (χ0) is 15.5. The van der Waals surface area contributed by atoms with Crippen LogP contribution in [-0.2, 0) is 16.0 Å². The number of rotatable bonds is 6. The van der Waals surface area contributed by atoms with E-state index in [1.165, 1.54) is 5.56 Å². The highest BCUT2D eigenvalue weighted by atomic mass is 35.5. The minimum Gasteiger partial charge on any atom is -0.356 e. The van der Waals surface area contributed by atoms with E-state index in [-0.39, 0.29) is 17.7 Å². The van der Waals surface area contributed by atoms with Crippen molar-refractivity contribution in [2.75, 3.05) is 13.1 Å². The van der Waals surface area contributed by atoms with Crippen LogP contribution in [0.2, 0.25) is 5.02 Å². The maximum Gasteiger partial charge on any atom is 0.225 e. The van der Waals surface area contributed by atoms with Gasteiger partial charge in [-0.3, -0.25) is 9.59 Å². The zero-order valence-corrected chi connectivity index (χ0v) is 13.3. The van der Waals surface area contributed by atoms with E-state index in [0.717, 1.165) is 30.7 Å². The summed E-state index contributed by atoms with van der Waals surface area (Å²) in [5, 5.41) is 3.70. The summed E-state index contributed by atoms with van der Waals surface area (Å²) in [5.41, 5.74) is 1.22. The van der Waals surface area contributed by atoms with Crippen LogP contribution in [-0.4, -0.2) is 35.8 Å². The van der Waals surface area contributed by atoms with E-state index in [4.69, 9.17) is 11.6 Å². The number of aryl methyl sites for hydroxylation is 1. The normalized spacial score (nSPS) is 21.2. The Labute approximate surface area is 135 Å². The molecule has 2 fully saturated rings. The van der Waals surface area contributed by atoms with Crippen molar-refractivity contribution in [2.45, 2.75) is 38.1 Å². The van der Waals surface area contributed by atoms with Gasteiger partial charge < -0.3 is 10.2 Å². The summed E-state index contributed by atoms with van der Waals surface area (Å²) < 4.78 is 0. The molecule has 1 N–H and O–H groups in total. The van der Waals surface area contributed by atoms with E-state index in [1.54, 1.807) is 0 Å². The van der Waals surface area contributed by atoms with Gasteiger partial charge in [0.05, 0.1) is 5.92 Å². The SMILES string of the molecule is O=C(NCCCc1ccc(Cl)cc1)[C@H]1CC(=O)N(C2CC2)C1. The number of carbonyl (C=O) groups is 2. The number of halogens is 1. The molecule has 1 atom stereocenters. The lowest BCUT2D eigenvalue weighted by Crippen LogP contribution is -2.34. The molecule has 2 aliphatic rings. The van der Waals surface area contributed by atoms with Gasteiger partial charge in [-0.2, -0.15) is 0 Å². The second-order valence-electron chi connectivity index (χ2n) is 6.20. The Morgan fingerprint density at radius 1 is 1.27 bits per heavy atom. The lowest BCUT2D eigenvalue weighted by molar-refractivity contribution is -0.129. The van der Waals surface area contributed by atoms with Gasteiger partial charge in [-0.25, -0.2) is 0 Å². The van der Waals surface area contributed by atoms with Crippen molar-refractivity contribution >= 4 is 23.4 Å². The molecule has 22 heavy (non-hydrogen) atoms. The molecule has 0 unspecified atom stereocenters. The topological polar surface area (TPSA) is 49.4 Å². The number of hydrogen-bond acceptors (Lipinski definition) is 2. The van der Waals surface area contributed by atoms with Gasteiger partial charge in [-0.05, 0) is 43.4 Å². The first-order valence-corrected chi connectivity index (χ1v) is 8.33. The van der Waals surface area contributed by atoms with Crippen molar-refractivity contribution in [1.29, 1.82) is 0 Å². The predicted octanol–water partition coefficient (Wildman–Crippen LogP) is 2.40. The van der Waals surface area contributed by atoms with Crippen molar-refractivity contribution in [3.63, 3.8) is 0 Å². The van der Waals surface area contributed by atoms with E-state index in [1.807, 2.05) is 29.2 Å². The molecule has 0 spiro atoms. The summed E-state index contributed by atoms with van der Waals surface area (Å²) in [6, 6.07) is 8.19. The largest absolute Gasteiger partial charge is 0.356 e. The highest BCUT2D eigenvalue weighted by Gasteiger charge is 2.41. The first-order valence-electron chi connectivity index (χ1n) is 7.95. The van der Waals surface area contributed by atoms with Crippen LogP contribution in [0.1, 0.15) is 31.2 Å². The molecule has 0 radical (unpaired) electrons. The van der Waals surface area contributed by atoms with Crippen LogP contribution in [0.5, 0.6) is 0 Å². The molecule has 0 bridgehead atoms. The molecule has 1 aliphatic heterocycles. The number of nitrogens with one attached hydrogen (secondary N) is 1. The van der Waals surface area contributed by atoms with Gasteiger partial charge >= 0.3 is 0 Å². The van der Waals surface area contributed by atoms with Crippen molar-refractivity contribution in [3.05, 3.63) is 34.9 Å². The van der Waals surface area contributed by atoms with Gasteiger partial charge in [-0.15, -0.1) is 0 Å².